The summed E-state index contributed by atoms with van der Waals surface area (Å²) < 4.78 is 5.58. The number of nitrogens with zero attached hydrogens (tertiary/aromatic N) is 1. The van der Waals surface area contributed by atoms with Crippen LogP contribution >= 0.6 is 0 Å². The van der Waals surface area contributed by atoms with Gasteiger partial charge in [-0.2, -0.15) is 0 Å². The Bertz CT molecular complexity index is 971. The van der Waals surface area contributed by atoms with Crippen molar-refractivity contribution in [2.45, 2.75) is 12.5 Å². The lowest BCUT2D eigenvalue weighted by Gasteiger charge is -2.24. The minimum absolute atomic E-state index is 0.0435. The molecule has 5 heteroatoms. The Hall–Kier alpha value is -3.44. The van der Waals surface area contributed by atoms with E-state index in [9.17, 15) is 9.59 Å². The molecule has 5 nitrogen and oxygen atoms in total. The third kappa shape index (κ3) is 6.79. The predicted molar refractivity (Wildman–Crippen MR) is 122 cm³/mol. The van der Waals surface area contributed by atoms with E-state index in [1.807, 2.05) is 50.5 Å². The van der Waals surface area contributed by atoms with Gasteiger partial charge >= 0.3 is 0 Å². The maximum Gasteiger partial charge on any atom is 0.257 e. The molecule has 3 aromatic rings. The summed E-state index contributed by atoms with van der Waals surface area (Å²) in [5, 5.41) is 2.95. The van der Waals surface area contributed by atoms with E-state index in [4.69, 9.17) is 4.74 Å². The van der Waals surface area contributed by atoms with Crippen LogP contribution in [-0.4, -0.2) is 49.9 Å². The average Bonchev–Trinajstić information content (AvgIpc) is 2.81. The van der Waals surface area contributed by atoms with Gasteiger partial charge in [-0.1, -0.05) is 60.7 Å². The molecule has 1 unspecified atom stereocenters. The molecule has 0 spiro atoms. The summed E-state index contributed by atoms with van der Waals surface area (Å²) >= 11 is 0. The highest BCUT2D eigenvalue weighted by Gasteiger charge is 2.14. The zero-order chi connectivity index (χ0) is 22.1. The number of hydrogen-bond donors (Lipinski definition) is 1. The van der Waals surface area contributed by atoms with Gasteiger partial charge in [0, 0.05) is 23.7 Å². The molecule has 3 aromatic carbocycles. The Balaban J connectivity index is 1.47. The van der Waals surface area contributed by atoms with E-state index in [1.165, 1.54) is 5.56 Å². The van der Waals surface area contributed by atoms with E-state index < -0.39 is 0 Å². The van der Waals surface area contributed by atoms with Crippen molar-refractivity contribution in [1.29, 1.82) is 0 Å². The molecule has 1 N–H and O–H groups in total. The molecular weight excluding hydrogens is 388 g/mol. The van der Waals surface area contributed by atoms with Crippen LogP contribution in [0, 0.1) is 0 Å². The van der Waals surface area contributed by atoms with Crippen LogP contribution in [0.1, 0.15) is 21.5 Å². The van der Waals surface area contributed by atoms with E-state index >= 15 is 0 Å². The van der Waals surface area contributed by atoms with Gasteiger partial charge in [-0.15, -0.1) is 0 Å². The molecule has 0 aromatic heterocycles. The van der Waals surface area contributed by atoms with Crippen LogP contribution in [-0.2, 0) is 11.2 Å². The number of carbonyl (C=O) groups excluding carboxylic acids is 2. The first-order valence-electron chi connectivity index (χ1n) is 10.3. The molecule has 0 radical (unpaired) electrons. The third-order valence-corrected chi connectivity index (χ3v) is 5.10. The zero-order valence-electron chi connectivity index (χ0n) is 18.0. The van der Waals surface area contributed by atoms with Gasteiger partial charge in [0.25, 0.3) is 5.91 Å². The van der Waals surface area contributed by atoms with Crippen molar-refractivity contribution in [3.8, 4) is 5.75 Å². The topological polar surface area (TPSA) is 58.6 Å². The van der Waals surface area contributed by atoms with Gasteiger partial charge in [-0.25, -0.2) is 0 Å². The molecule has 0 aliphatic heterocycles. The standard InChI is InChI=1S/C26H28N2O3/c1-28(2)23(17-20-9-5-3-6-10-20)18-27-25(29)19-31-24-15-13-22(14-16-24)26(30)21-11-7-4-8-12-21/h3-16,23H,17-19H2,1-2H3,(H,27,29). The Morgan fingerprint density at radius 3 is 2.03 bits per heavy atom. The van der Waals surface area contributed by atoms with Crippen molar-refractivity contribution in [1.82, 2.24) is 10.2 Å². The van der Waals surface area contributed by atoms with Gasteiger partial charge in [0.15, 0.2) is 12.4 Å². The van der Waals surface area contributed by atoms with E-state index in [0.717, 1.165) is 6.42 Å². The molecule has 0 aliphatic carbocycles. The van der Waals surface area contributed by atoms with Gasteiger partial charge < -0.3 is 15.0 Å². The maximum absolute atomic E-state index is 12.4. The Kier molecular flexibility index (Phi) is 7.96. The Morgan fingerprint density at radius 2 is 1.42 bits per heavy atom. The van der Waals surface area contributed by atoms with Crippen molar-refractivity contribution >= 4 is 11.7 Å². The van der Waals surface area contributed by atoms with Gasteiger partial charge in [-0.3, -0.25) is 9.59 Å². The fourth-order valence-electron chi connectivity index (χ4n) is 3.21. The lowest BCUT2D eigenvalue weighted by Crippen LogP contribution is -2.42. The fourth-order valence-corrected chi connectivity index (χ4v) is 3.21. The predicted octanol–water partition coefficient (Wildman–Crippen LogP) is 3.59. The minimum atomic E-state index is -0.177. The van der Waals surface area contributed by atoms with Gasteiger partial charge in [-0.05, 0) is 50.3 Å². The van der Waals surface area contributed by atoms with Gasteiger partial charge in [0.05, 0.1) is 0 Å². The van der Waals surface area contributed by atoms with E-state index in [0.29, 0.717) is 23.4 Å². The number of likely N-dealkylation sites (N-methyl/N-ethyl adjacent to an activating group) is 1. The van der Waals surface area contributed by atoms with Crippen LogP contribution in [0.2, 0.25) is 0 Å². The number of nitrogens with one attached hydrogen (secondary N) is 1. The van der Waals surface area contributed by atoms with Crippen LogP contribution in [0.5, 0.6) is 5.75 Å². The van der Waals surface area contributed by atoms with Crippen LogP contribution in [0.25, 0.3) is 0 Å². The number of ketones is 1. The SMILES string of the molecule is CN(C)C(CNC(=O)COc1ccc(C(=O)c2ccccc2)cc1)Cc1ccccc1. The normalized spacial score (nSPS) is 11.7. The zero-order valence-corrected chi connectivity index (χ0v) is 18.0. The third-order valence-electron chi connectivity index (χ3n) is 5.10. The summed E-state index contributed by atoms with van der Waals surface area (Å²) in [6.45, 7) is 0.464. The molecular formula is C26H28N2O3. The monoisotopic (exact) mass is 416 g/mol. The average molecular weight is 417 g/mol. The molecule has 3 rings (SSSR count). The van der Waals surface area contributed by atoms with Gasteiger partial charge in [0.2, 0.25) is 0 Å². The van der Waals surface area contributed by atoms with Gasteiger partial charge in [0.1, 0.15) is 5.75 Å². The van der Waals surface area contributed by atoms with E-state index in [-0.39, 0.29) is 24.3 Å². The van der Waals surface area contributed by atoms with Crippen molar-refractivity contribution < 1.29 is 14.3 Å². The number of benzene rings is 3. The molecule has 160 valence electrons. The van der Waals surface area contributed by atoms with E-state index in [2.05, 4.69) is 22.3 Å². The highest BCUT2D eigenvalue weighted by molar-refractivity contribution is 6.08. The largest absolute Gasteiger partial charge is 0.484 e. The number of ether oxygens (including phenoxy) is 1. The number of rotatable bonds is 10. The van der Waals surface area contributed by atoms with Crippen LogP contribution in [0.4, 0.5) is 0 Å². The minimum Gasteiger partial charge on any atom is -0.484 e. The second kappa shape index (κ2) is 11.1. The van der Waals surface area contributed by atoms with Crippen molar-refractivity contribution in [3.63, 3.8) is 0 Å². The summed E-state index contributed by atoms with van der Waals surface area (Å²) in [7, 11) is 4.02. The Morgan fingerprint density at radius 1 is 0.839 bits per heavy atom. The smallest absolute Gasteiger partial charge is 0.257 e. The lowest BCUT2D eigenvalue weighted by atomic mass is 10.0. The Labute approximate surface area is 183 Å². The molecule has 1 amide bonds. The van der Waals surface area contributed by atoms with Crippen molar-refractivity contribution in [2.24, 2.45) is 0 Å². The summed E-state index contributed by atoms with van der Waals surface area (Å²) in [5.74, 6) is 0.329. The molecule has 0 fully saturated rings. The first-order chi connectivity index (χ1) is 15.0. The molecule has 0 heterocycles. The molecule has 0 saturated heterocycles. The highest BCUT2D eigenvalue weighted by atomic mass is 16.5. The molecule has 0 aliphatic rings. The summed E-state index contributed by atoms with van der Waals surface area (Å²) in [6, 6.07) is 26.4. The summed E-state index contributed by atoms with van der Waals surface area (Å²) in [6.07, 6.45) is 0.853. The molecule has 0 saturated carbocycles. The number of carbonyl (C=O) groups is 2. The van der Waals surface area contributed by atoms with Crippen LogP contribution in [0.15, 0.2) is 84.9 Å². The van der Waals surface area contributed by atoms with E-state index in [1.54, 1.807) is 36.4 Å². The second-order valence-electron chi connectivity index (χ2n) is 7.62. The van der Waals surface area contributed by atoms with Crippen LogP contribution in [0.3, 0.4) is 0 Å². The number of amides is 1. The first-order valence-corrected chi connectivity index (χ1v) is 10.3. The fraction of sp³-hybridized carbons (Fsp3) is 0.231. The van der Waals surface area contributed by atoms with Crippen molar-refractivity contribution in [3.05, 3.63) is 102 Å². The molecule has 0 bridgehead atoms. The quantitative estimate of drug-likeness (QED) is 0.513. The summed E-state index contributed by atoms with van der Waals surface area (Å²) in [4.78, 5) is 26.8. The molecule has 31 heavy (non-hydrogen) atoms. The van der Waals surface area contributed by atoms with Crippen molar-refractivity contribution in [2.75, 3.05) is 27.2 Å². The maximum atomic E-state index is 12.4. The number of hydrogen-bond acceptors (Lipinski definition) is 4. The van der Waals surface area contributed by atoms with Crippen LogP contribution < -0.4 is 10.1 Å². The molecule has 1 atom stereocenters. The highest BCUT2D eigenvalue weighted by Crippen LogP contribution is 2.15. The first kappa shape index (κ1) is 22.2. The summed E-state index contributed by atoms with van der Waals surface area (Å²) in [5.41, 5.74) is 2.45. The lowest BCUT2D eigenvalue weighted by molar-refractivity contribution is -0.123. The second-order valence-corrected chi connectivity index (χ2v) is 7.62.